The molecule has 0 aliphatic rings. The van der Waals surface area contributed by atoms with Crippen LogP contribution in [0.2, 0.25) is 5.02 Å². The summed E-state index contributed by atoms with van der Waals surface area (Å²) in [7, 11) is 0. The number of anilines is 3. The second kappa shape index (κ2) is 7.69. The number of halogens is 4. The maximum Gasteiger partial charge on any atom is 0.417 e. The minimum Gasteiger partial charge on any atom is -0.339 e. The van der Waals surface area contributed by atoms with Crippen molar-refractivity contribution in [2.45, 2.75) is 26.4 Å². The van der Waals surface area contributed by atoms with Crippen molar-refractivity contribution in [3.8, 4) is 0 Å². The third kappa shape index (κ3) is 5.60. The van der Waals surface area contributed by atoms with Gasteiger partial charge in [-0.1, -0.05) is 25.4 Å². The van der Waals surface area contributed by atoms with Crippen LogP contribution in [0.4, 0.5) is 30.5 Å². The van der Waals surface area contributed by atoms with E-state index in [1.165, 1.54) is 18.2 Å². The first-order valence-corrected chi connectivity index (χ1v) is 7.80. The first-order chi connectivity index (χ1) is 11.6. The average molecular weight is 373 g/mol. The number of nitrogens with one attached hydrogen (secondary N) is 2. The molecule has 134 valence electrons. The Labute approximate surface area is 147 Å². The van der Waals surface area contributed by atoms with Crippen LogP contribution in [0.15, 0.2) is 30.3 Å². The van der Waals surface area contributed by atoms with E-state index in [1.807, 2.05) is 13.8 Å². The number of alkyl halides is 3. The Balaban J connectivity index is 2.08. The summed E-state index contributed by atoms with van der Waals surface area (Å²) in [6.07, 6.45) is -4.20. The van der Waals surface area contributed by atoms with Crippen molar-refractivity contribution >= 4 is 34.8 Å². The number of nitrogens with zero attached hydrogens (tertiary/aromatic N) is 2. The molecule has 0 aliphatic heterocycles. The van der Waals surface area contributed by atoms with E-state index < -0.39 is 11.7 Å². The third-order valence-electron chi connectivity index (χ3n) is 3.07. The molecule has 9 heteroatoms. The Morgan fingerprint density at radius 3 is 2.36 bits per heavy atom. The number of benzene rings is 1. The van der Waals surface area contributed by atoms with Gasteiger partial charge in [0.05, 0.1) is 10.6 Å². The Kier molecular flexibility index (Phi) is 5.84. The SMILES string of the molecule is CC(C)CC(=O)Nc1ccc(Nc2ccc(Cl)c(C(F)(F)F)c2)nn1. The highest BCUT2D eigenvalue weighted by atomic mass is 35.5. The van der Waals surface area contributed by atoms with Gasteiger partial charge in [0.25, 0.3) is 0 Å². The highest BCUT2D eigenvalue weighted by molar-refractivity contribution is 6.31. The predicted octanol–water partition coefficient (Wildman–Crippen LogP) is 4.88. The van der Waals surface area contributed by atoms with Crippen molar-refractivity contribution in [2.24, 2.45) is 5.92 Å². The smallest absolute Gasteiger partial charge is 0.339 e. The van der Waals surface area contributed by atoms with Gasteiger partial charge in [-0.2, -0.15) is 13.2 Å². The van der Waals surface area contributed by atoms with Gasteiger partial charge in [0.1, 0.15) is 0 Å². The van der Waals surface area contributed by atoms with E-state index >= 15 is 0 Å². The number of amides is 1. The lowest BCUT2D eigenvalue weighted by atomic mass is 10.1. The molecule has 2 aromatic rings. The normalized spacial score (nSPS) is 11.5. The van der Waals surface area contributed by atoms with Crippen molar-refractivity contribution in [1.29, 1.82) is 0 Å². The van der Waals surface area contributed by atoms with E-state index in [2.05, 4.69) is 20.8 Å². The molecule has 0 bridgehead atoms. The minimum absolute atomic E-state index is 0.169. The first-order valence-electron chi connectivity index (χ1n) is 7.42. The summed E-state index contributed by atoms with van der Waals surface area (Å²) in [5.74, 6) is 0.528. The van der Waals surface area contributed by atoms with Gasteiger partial charge >= 0.3 is 6.18 Å². The molecule has 0 radical (unpaired) electrons. The van der Waals surface area contributed by atoms with E-state index in [0.717, 1.165) is 12.1 Å². The fraction of sp³-hybridized carbons (Fsp3) is 0.312. The average Bonchev–Trinajstić information content (AvgIpc) is 2.49. The van der Waals surface area contributed by atoms with Crippen molar-refractivity contribution in [3.63, 3.8) is 0 Å². The second-order valence-corrected chi connectivity index (χ2v) is 6.17. The molecule has 1 aromatic heterocycles. The maximum absolute atomic E-state index is 12.9. The van der Waals surface area contributed by atoms with Crippen LogP contribution >= 0.6 is 11.6 Å². The van der Waals surface area contributed by atoms with Crippen molar-refractivity contribution < 1.29 is 18.0 Å². The number of hydrogen-bond acceptors (Lipinski definition) is 4. The van der Waals surface area contributed by atoms with Crippen LogP contribution in [0.1, 0.15) is 25.8 Å². The lowest BCUT2D eigenvalue weighted by Gasteiger charge is -2.12. The van der Waals surface area contributed by atoms with Crippen molar-refractivity contribution in [2.75, 3.05) is 10.6 Å². The summed E-state index contributed by atoms with van der Waals surface area (Å²) in [4.78, 5) is 11.6. The Morgan fingerprint density at radius 1 is 1.16 bits per heavy atom. The Hall–Kier alpha value is -2.35. The number of rotatable bonds is 5. The van der Waals surface area contributed by atoms with Gasteiger partial charge in [-0.3, -0.25) is 4.79 Å². The lowest BCUT2D eigenvalue weighted by Crippen LogP contribution is -2.15. The molecule has 0 spiro atoms. The Bertz CT molecular complexity index is 748. The fourth-order valence-electron chi connectivity index (χ4n) is 2.00. The molecule has 2 N–H and O–H groups in total. The molecule has 0 aliphatic carbocycles. The zero-order valence-corrected chi connectivity index (χ0v) is 14.2. The standard InChI is InChI=1S/C16H16ClF3N4O/c1-9(2)7-15(25)22-14-6-5-13(23-24-14)21-10-3-4-12(17)11(8-10)16(18,19)20/h3-6,8-9H,7H2,1-2H3,(H,21,23)(H,22,24,25). The molecule has 0 atom stereocenters. The van der Waals surface area contributed by atoms with Crippen LogP contribution in [0, 0.1) is 5.92 Å². The molecule has 5 nitrogen and oxygen atoms in total. The van der Waals surface area contributed by atoms with E-state index in [9.17, 15) is 18.0 Å². The zero-order valence-electron chi connectivity index (χ0n) is 13.5. The van der Waals surface area contributed by atoms with Crippen LogP contribution in [-0.2, 0) is 11.0 Å². The van der Waals surface area contributed by atoms with Crippen LogP contribution in [0.25, 0.3) is 0 Å². The van der Waals surface area contributed by atoms with Crippen LogP contribution in [0.3, 0.4) is 0 Å². The van der Waals surface area contributed by atoms with E-state index in [0.29, 0.717) is 6.42 Å². The summed E-state index contributed by atoms with van der Waals surface area (Å²) in [6.45, 7) is 3.83. The molecule has 1 amide bonds. The fourth-order valence-corrected chi connectivity index (χ4v) is 2.22. The summed E-state index contributed by atoms with van der Waals surface area (Å²) in [5, 5.41) is 12.6. The van der Waals surface area contributed by atoms with Gasteiger partial charge in [-0.25, -0.2) is 0 Å². The van der Waals surface area contributed by atoms with E-state index in [4.69, 9.17) is 11.6 Å². The van der Waals surface area contributed by atoms with Gasteiger partial charge < -0.3 is 10.6 Å². The molecule has 1 heterocycles. The summed E-state index contributed by atoms with van der Waals surface area (Å²) >= 11 is 5.57. The second-order valence-electron chi connectivity index (χ2n) is 5.77. The molecule has 0 saturated carbocycles. The first kappa shape index (κ1) is 19.0. The maximum atomic E-state index is 12.9. The van der Waals surface area contributed by atoms with Crippen LogP contribution in [0.5, 0.6) is 0 Å². The molecule has 1 aromatic carbocycles. The predicted molar refractivity (Wildman–Crippen MR) is 89.9 cm³/mol. The van der Waals surface area contributed by atoms with Crippen molar-refractivity contribution in [1.82, 2.24) is 10.2 Å². The van der Waals surface area contributed by atoms with Crippen molar-refractivity contribution in [3.05, 3.63) is 40.9 Å². The quantitative estimate of drug-likeness (QED) is 0.785. The van der Waals surface area contributed by atoms with Gasteiger partial charge in [0, 0.05) is 12.1 Å². The van der Waals surface area contributed by atoms with Crippen LogP contribution < -0.4 is 10.6 Å². The highest BCUT2D eigenvalue weighted by Gasteiger charge is 2.33. The molecule has 25 heavy (non-hydrogen) atoms. The molecular formula is C16H16ClF3N4O. The monoisotopic (exact) mass is 372 g/mol. The van der Waals surface area contributed by atoms with Gasteiger partial charge in [-0.05, 0) is 36.2 Å². The highest BCUT2D eigenvalue weighted by Crippen LogP contribution is 2.36. The topological polar surface area (TPSA) is 66.9 Å². The van der Waals surface area contributed by atoms with Gasteiger partial charge in [0.2, 0.25) is 5.91 Å². The van der Waals surface area contributed by atoms with E-state index in [-0.39, 0.29) is 34.2 Å². The number of carbonyl (C=O) groups is 1. The van der Waals surface area contributed by atoms with Crippen LogP contribution in [-0.4, -0.2) is 16.1 Å². The number of hydrogen-bond donors (Lipinski definition) is 2. The molecule has 0 fully saturated rings. The van der Waals surface area contributed by atoms with Gasteiger partial charge in [-0.15, -0.1) is 10.2 Å². The summed E-state index contributed by atoms with van der Waals surface area (Å²) in [5.41, 5.74) is -0.771. The molecule has 2 rings (SSSR count). The third-order valence-corrected chi connectivity index (χ3v) is 3.40. The number of carbonyl (C=O) groups excluding carboxylic acids is 1. The van der Waals surface area contributed by atoms with Gasteiger partial charge in [0.15, 0.2) is 11.6 Å². The summed E-state index contributed by atoms with van der Waals surface area (Å²) < 4.78 is 38.6. The molecular weight excluding hydrogens is 357 g/mol. The zero-order chi connectivity index (χ0) is 18.6. The largest absolute Gasteiger partial charge is 0.417 e. The molecule has 0 unspecified atom stereocenters. The summed E-state index contributed by atoms with van der Waals surface area (Å²) in [6, 6.07) is 6.45. The van der Waals surface area contributed by atoms with E-state index in [1.54, 1.807) is 0 Å². The molecule has 0 saturated heterocycles. The minimum atomic E-state index is -4.55. The Morgan fingerprint density at radius 2 is 1.80 bits per heavy atom. The lowest BCUT2D eigenvalue weighted by molar-refractivity contribution is -0.137. The number of aromatic nitrogens is 2.